The molecule has 1 atom stereocenters. The summed E-state index contributed by atoms with van der Waals surface area (Å²) in [6.45, 7) is 1.87. The van der Waals surface area contributed by atoms with Crippen molar-refractivity contribution in [3.63, 3.8) is 0 Å². The van der Waals surface area contributed by atoms with Gasteiger partial charge in [0.2, 0.25) is 10.0 Å². The van der Waals surface area contributed by atoms with Gasteiger partial charge in [0.1, 0.15) is 0 Å². The molecule has 1 saturated heterocycles. The van der Waals surface area contributed by atoms with Gasteiger partial charge in [-0.3, -0.25) is 0 Å². The predicted octanol–water partition coefficient (Wildman–Crippen LogP) is -0.123. The second-order valence-electron chi connectivity index (χ2n) is 3.77. The van der Waals surface area contributed by atoms with Gasteiger partial charge in [0.25, 0.3) is 0 Å². The molecule has 78 valence electrons. The highest BCUT2D eigenvalue weighted by Gasteiger charge is 2.22. The van der Waals surface area contributed by atoms with E-state index in [1.54, 1.807) is 14.1 Å². The molecule has 0 amide bonds. The third-order valence-corrected chi connectivity index (χ3v) is 4.41. The lowest BCUT2D eigenvalue weighted by molar-refractivity contribution is 0.397. The molecule has 0 saturated carbocycles. The quantitative estimate of drug-likeness (QED) is 0.700. The number of sulfonamides is 1. The summed E-state index contributed by atoms with van der Waals surface area (Å²) in [5.74, 6) is 0.577. The Morgan fingerprint density at radius 3 is 2.62 bits per heavy atom. The molecule has 1 unspecified atom stereocenters. The molecule has 1 fully saturated rings. The zero-order valence-electron chi connectivity index (χ0n) is 8.28. The Balaban J connectivity index is 2.47. The van der Waals surface area contributed by atoms with E-state index in [0.717, 1.165) is 25.9 Å². The Morgan fingerprint density at radius 1 is 1.46 bits per heavy atom. The summed E-state index contributed by atoms with van der Waals surface area (Å²) < 4.78 is 24.3. The predicted molar refractivity (Wildman–Crippen MR) is 53.1 cm³/mol. The number of piperidine rings is 1. The van der Waals surface area contributed by atoms with Crippen molar-refractivity contribution in [1.82, 2.24) is 9.62 Å². The maximum absolute atomic E-state index is 11.5. The zero-order valence-corrected chi connectivity index (χ0v) is 9.10. The van der Waals surface area contributed by atoms with Crippen molar-refractivity contribution >= 4 is 10.0 Å². The summed E-state index contributed by atoms with van der Waals surface area (Å²) in [5, 5.41) is 3.21. The van der Waals surface area contributed by atoms with E-state index < -0.39 is 10.0 Å². The van der Waals surface area contributed by atoms with Crippen molar-refractivity contribution in [2.75, 3.05) is 32.9 Å². The van der Waals surface area contributed by atoms with Gasteiger partial charge in [0, 0.05) is 14.1 Å². The lowest BCUT2D eigenvalue weighted by Crippen LogP contribution is -2.37. The molecular formula is C8H18N2O2S. The summed E-state index contributed by atoms with van der Waals surface area (Å²) in [7, 11) is 0.173. The number of hydrogen-bond acceptors (Lipinski definition) is 3. The van der Waals surface area contributed by atoms with Crippen LogP contribution in [0.15, 0.2) is 0 Å². The average molecular weight is 206 g/mol. The second-order valence-corrected chi connectivity index (χ2v) is 6.00. The maximum atomic E-state index is 11.5. The normalized spacial score (nSPS) is 25.0. The lowest BCUT2D eigenvalue weighted by atomic mass is 10.0. The minimum Gasteiger partial charge on any atom is -0.316 e. The average Bonchev–Trinajstić information content (AvgIpc) is 2.05. The van der Waals surface area contributed by atoms with Crippen molar-refractivity contribution in [3.8, 4) is 0 Å². The monoisotopic (exact) mass is 206 g/mol. The van der Waals surface area contributed by atoms with Crippen molar-refractivity contribution in [1.29, 1.82) is 0 Å². The number of nitrogens with one attached hydrogen (secondary N) is 1. The first-order valence-corrected chi connectivity index (χ1v) is 6.24. The standard InChI is InChI=1S/C8H18N2O2S/c1-10(2)13(11,12)7-8-4-3-5-9-6-8/h8-9H,3-7H2,1-2H3. The highest BCUT2D eigenvalue weighted by Crippen LogP contribution is 2.13. The fourth-order valence-electron chi connectivity index (χ4n) is 1.51. The van der Waals surface area contributed by atoms with Crippen LogP contribution in [0.25, 0.3) is 0 Å². The topological polar surface area (TPSA) is 49.4 Å². The van der Waals surface area contributed by atoms with Crippen LogP contribution in [-0.2, 0) is 10.0 Å². The highest BCUT2D eigenvalue weighted by molar-refractivity contribution is 7.89. The lowest BCUT2D eigenvalue weighted by Gasteiger charge is -2.23. The van der Waals surface area contributed by atoms with Crippen LogP contribution in [0.2, 0.25) is 0 Å². The number of nitrogens with zero attached hydrogens (tertiary/aromatic N) is 1. The highest BCUT2D eigenvalue weighted by atomic mass is 32.2. The third-order valence-electron chi connectivity index (χ3n) is 2.40. The van der Waals surface area contributed by atoms with Gasteiger partial charge in [-0.15, -0.1) is 0 Å². The van der Waals surface area contributed by atoms with Crippen molar-refractivity contribution in [3.05, 3.63) is 0 Å². The van der Waals surface area contributed by atoms with E-state index in [-0.39, 0.29) is 5.75 Å². The van der Waals surface area contributed by atoms with Crippen LogP contribution in [0, 0.1) is 5.92 Å². The molecule has 0 aliphatic carbocycles. The molecule has 13 heavy (non-hydrogen) atoms. The molecule has 0 spiro atoms. The van der Waals surface area contributed by atoms with Gasteiger partial charge in [-0.25, -0.2) is 12.7 Å². The van der Waals surface area contributed by atoms with E-state index in [2.05, 4.69) is 5.32 Å². The van der Waals surface area contributed by atoms with Crippen molar-refractivity contribution in [2.24, 2.45) is 5.92 Å². The molecule has 1 rings (SSSR count). The number of rotatable bonds is 3. The second kappa shape index (κ2) is 4.39. The first kappa shape index (κ1) is 10.9. The summed E-state index contributed by atoms with van der Waals surface area (Å²) in [5.41, 5.74) is 0. The molecule has 0 aromatic heterocycles. The zero-order chi connectivity index (χ0) is 9.90. The molecule has 0 radical (unpaired) electrons. The van der Waals surface area contributed by atoms with Crippen LogP contribution in [0.5, 0.6) is 0 Å². The van der Waals surface area contributed by atoms with Crippen LogP contribution in [0.3, 0.4) is 0 Å². The molecule has 1 N–H and O–H groups in total. The molecule has 0 aromatic carbocycles. The molecule has 0 aromatic rings. The first-order chi connectivity index (χ1) is 6.02. The Bertz CT molecular complexity index is 243. The Morgan fingerprint density at radius 2 is 2.15 bits per heavy atom. The van der Waals surface area contributed by atoms with E-state index in [9.17, 15) is 8.42 Å². The maximum Gasteiger partial charge on any atom is 0.213 e. The third kappa shape index (κ3) is 3.25. The van der Waals surface area contributed by atoms with Gasteiger partial charge in [-0.2, -0.15) is 0 Å². The van der Waals surface area contributed by atoms with Crippen molar-refractivity contribution in [2.45, 2.75) is 12.8 Å². The van der Waals surface area contributed by atoms with E-state index in [1.807, 2.05) is 0 Å². The molecule has 1 aliphatic heterocycles. The Labute approximate surface area is 80.4 Å². The van der Waals surface area contributed by atoms with Crippen LogP contribution in [0.1, 0.15) is 12.8 Å². The van der Waals surface area contributed by atoms with Crippen molar-refractivity contribution < 1.29 is 8.42 Å². The molecule has 4 nitrogen and oxygen atoms in total. The fraction of sp³-hybridized carbons (Fsp3) is 1.00. The van der Waals surface area contributed by atoms with Crippen LogP contribution in [-0.4, -0.2) is 45.7 Å². The smallest absolute Gasteiger partial charge is 0.213 e. The first-order valence-electron chi connectivity index (χ1n) is 4.63. The summed E-state index contributed by atoms with van der Waals surface area (Å²) in [4.78, 5) is 0. The van der Waals surface area contributed by atoms with Gasteiger partial charge in [-0.05, 0) is 31.8 Å². The summed E-state index contributed by atoms with van der Waals surface area (Å²) >= 11 is 0. The molecule has 5 heteroatoms. The van der Waals surface area contributed by atoms with Crippen LogP contribution in [0.4, 0.5) is 0 Å². The van der Waals surface area contributed by atoms with Gasteiger partial charge >= 0.3 is 0 Å². The minimum absolute atomic E-state index is 0.285. The van der Waals surface area contributed by atoms with E-state index in [1.165, 1.54) is 4.31 Å². The minimum atomic E-state index is -3.00. The summed E-state index contributed by atoms with van der Waals surface area (Å²) in [6, 6.07) is 0. The van der Waals surface area contributed by atoms with E-state index in [4.69, 9.17) is 0 Å². The molecule has 1 heterocycles. The molecule has 0 bridgehead atoms. The fourth-order valence-corrected chi connectivity index (χ4v) is 2.69. The van der Waals surface area contributed by atoms with Gasteiger partial charge in [0.15, 0.2) is 0 Å². The molecule has 1 aliphatic rings. The van der Waals surface area contributed by atoms with Crippen LogP contribution >= 0.6 is 0 Å². The van der Waals surface area contributed by atoms with E-state index in [0.29, 0.717) is 5.92 Å². The van der Waals surface area contributed by atoms with Crippen LogP contribution < -0.4 is 5.32 Å². The largest absolute Gasteiger partial charge is 0.316 e. The summed E-state index contributed by atoms with van der Waals surface area (Å²) in [6.07, 6.45) is 2.12. The number of hydrogen-bond donors (Lipinski definition) is 1. The van der Waals surface area contributed by atoms with Gasteiger partial charge in [-0.1, -0.05) is 0 Å². The van der Waals surface area contributed by atoms with Gasteiger partial charge in [0.05, 0.1) is 5.75 Å². The SMILES string of the molecule is CN(C)S(=O)(=O)CC1CCCNC1. The van der Waals surface area contributed by atoms with E-state index >= 15 is 0 Å². The van der Waals surface area contributed by atoms with Gasteiger partial charge < -0.3 is 5.32 Å². The molecular weight excluding hydrogens is 188 g/mol. The Kier molecular flexibility index (Phi) is 3.70. The Hall–Kier alpha value is -0.130.